The van der Waals surface area contributed by atoms with Gasteiger partial charge in [-0.15, -0.1) is 0 Å². The molecule has 0 aromatic heterocycles. The van der Waals surface area contributed by atoms with Gasteiger partial charge in [0.1, 0.15) is 5.78 Å². The highest BCUT2D eigenvalue weighted by atomic mass is 16.5. The Morgan fingerprint density at radius 2 is 2.11 bits per heavy atom. The summed E-state index contributed by atoms with van der Waals surface area (Å²) in [5.41, 5.74) is 0. The highest BCUT2D eigenvalue weighted by Crippen LogP contribution is 2.32. The van der Waals surface area contributed by atoms with E-state index < -0.39 is 0 Å². The smallest absolute Gasteiger partial charge is 0.137 e. The second kappa shape index (κ2) is 6.67. The summed E-state index contributed by atoms with van der Waals surface area (Å²) in [5, 5.41) is 0. The van der Waals surface area contributed by atoms with Gasteiger partial charge in [-0.3, -0.25) is 9.69 Å². The van der Waals surface area contributed by atoms with E-state index >= 15 is 0 Å². The summed E-state index contributed by atoms with van der Waals surface area (Å²) >= 11 is 0. The van der Waals surface area contributed by atoms with Crippen molar-refractivity contribution in [2.24, 2.45) is 5.92 Å². The lowest BCUT2D eigenvalue weighted by Gasteiger charge is -2.33. The third-order valence-corrected chi connectivity index (χ3v) is 4.31. The summed E-state index contributed by atoms with van der Waals surface area (Å²) < 4.78 is 5.64. The molecule has 1 saturated carbocycles. The Balaban J connectivity index is 1.84. The van der Waals surface area contributed by atoms with E-state index in [1.807, 2.05) is 0 Å². The van der Waals surface area contributed by atoms with Crippen molar-refractivity contribution in [3.05, 3.63) is 0 Å². The van der Waals surface area contributed by atoms with Crippen molar-refractivity contribution >= 4 is 5.78 Å². The van der Waals surface area contributed by atoms with Gasteiger partial charge in [0, 0.05) is 24.9 Å². The SMILES string of the molecule is CC(C)OCCN1CCCC1C1CCCCC1=O. The van der Waals surface area contributed by atoms with Gasteiger partial charge < -0.3 is 4.74 Å². The minimum atomic E-state index is 0.308. The fourth-order valence-electron chi connectivity index (χ4n) is 3.41. The lowest BCUT2D eigenvalue weighted by molar-refractivity contribution is -0.126. The van der Waals surface area contributed by atoms with Crippen molar-refractivity contribution in [3.8, 4) is 0 Å². The van der Waals surface area contributed by atoms with Crippen LogP contribution in [-0.2, 0) is 9.53 Å². The van der Waals surface area contributed by atoms with E-state index in [1.165, 1.54) is 19.3 Å². The van der Waals surface area contributed by atoms with E-state index in [1.54, 1.807) is 0 Å². The predicted molar refractivity (Wildman–Crippen MR) is 72.6 cm³/mol. The van der Waals surface area contributed by atoms with Crippen LogP contribution in [0.3, 0.4) is 0 Å². The van der Waals surface area contributed by atoms with Gasteiger partial charge in [0.25, 0.3) is 0 Å². The monoisotopic (exact) mass is 253 g/mol. The third kappa shape index (κ3) is 3.55. The van der Waals surface area contributed by atoms with E-state index in [0.29, 0.717) is 23.8 Å². The first kappa shape index (κ1) is 14.0. The molecule has 0 aromatic carbocycles. The van der Waals surface area contributed by atoms with Crippen LogP contribution in [0, 0.1) is 5.92 Å². The third-order valence-electron chi connectivity index (χ3n) is 4.31. The Morgan fingerprint density at radius 3 is 2.83 bits per heavy atom. The molecule has 0 bridgehead atoms. The molecule has 2 atom stereocenters. The predicted octanol–water partition coefficient (Wildman–Crippen LogP) is 2.64. The van der Waals surface area contributed by atoms with Gasteiger partial charge in [-0.2, -0.15) is 0 Å². The van der Waals surface area contributed by atoms with Gasteiger partial charge in [0.2, 0.25) is 0 Å². The Bertz CT molecular complexity index is 278. The van der Waals surface area contributed by atoms with Crippen LogP contribution in [0.15, 0.2) is 0 Å². The molecular weight excluding hydrogens is 226 g/mol. The number of ketones is 1. The quantitative estimate of drug-likeness (QED) is 0.754. The molecule has 2 rings (SSSR count). The minimum absolute atomic E-state index is 0.308. The van der Waals surface area contributed by atoms with Crippen molar-refractivity contribution in [3.63, 3.8) is 0 Å². The van der Waals surface area contributed by atoms with E-state index in [9.17, 15) is 4.79 Å². The van der Waals surface area contributed by atoms with Gasteiger partial charge in [-0.1, -0.05) is 6.42 Å². The zero-order chi connectivity index (χ0) is 13.0. The average molecular weight is 253 g/mol. The first-order chi connectivity index (χ1) is 8.68. The molecular formula is C15H27NO2. The van der Waals surface area contributed by atoms with Crippen LogP contribution in [-0.4, -0.2) is 42.5 Å². The normalized spacial score (nSPS) is 30.3. The molecule has 1 aliphatic heterocycles. The number of hydrogen-bond donors (Lipinski definition) is 0. The zero-order valence-electron chi connectivity index (χ0n) is 11.9. The summed E-state index contributed by atoms with van der Waals surface area (Å²) in [5.74, 6) is 0.836. The van der Waals surface area contributed by atoms with E-state index in [-0.39, 0.29) is 0 Å². The number of ether oxygens (including phenoxy) is 1. The van der Waals surface area contributed by atoms with E-state index in [2.05, 4.69) is 18.7 Å². The van der Waals surface area contributed by atoms with Gasteiger partial charge in [0.15, 0.2) is 0 Å². The number of rotatable bonds is 5. The van der Waals surface area contributed by atoms with Crippen molar-refractivity contribution < 1.29 is 9.53 Å². The Hall–Kier alpha value is -0.410. The Morgan fingerprint density at radius 1 is 1.28 bits per heavy atom. The Kier molecular flexibility index (Phi) is 5.19. The Labute approximate surface area is 111 Å². The highest BCUT2D eigenvalue weighted by Gasteiger charge is 2.36. The molecule has 104 valence electrons. The zero-order valence-corrected chi connectivity index (χ0v) is 11.9. The number of likely N-dealkylation sites (tertiary alicyclic amines) is 1. The molecule has 0 spiro atoms. The maximum absolute atomic E-state index is 12.1. The number of Topliss-reactive ketones (excluding diaryl/α,β-unsaturated/α-hetero) is 1. The molecule has 3 heteroatoms. The van der Waals surface area contributed by atoms with Crippen molar-refractivity contribution in [1.82, 2.24) is 4.90 Å². The molecule has 3 nitrogen and oxygen atoms in total. The van der Waals surface area contributed by atoms with Gasteiger partial charge >= 0.3 is 0 Å². The topological polar surface area (TPSA) is 29.5 Å². The van der Waals surface area contributed by atoms with Crippen molar-refractivity contribution in [2.45, 2.75) is 64.5 Å². The van der Waals surface area contributed by atoms with Crippen LogP contribution in [0.5, 0.6) is 0 Å². The molecule has 1 aliphatic carbocycles. The van der Waals surface area contributed by atoms with Crippen molar-refractivity contribution in [2.75, 3.05) is 19.7 Å². The summed E-state index contributed by atoms with van der Waals surface area (Å²) in [4.78, 5) is 14.5. The summed E-state index contributed by atoms with van der Waals surface area (Å²) in [7, 11) is 0. The van der Waals surface area contributed by atoms with Crippen LogP contribution in [0.25, 0.3) is 0 Å². The summed E-state index contributed by atoms with van der Waals surface area (Å²) in [6, 6.07) is 0.508. The van der Waals surface area contributed by atoms with Gasteiger partial charge in [0.05, 0.1) is 12.7 Å². The number of nitrogens with zero attached hydrogens (tertiary/aromatic N) is 1. The van der Waals surface area contributed by atoms with Gasteiger partial charge in [-0.05, 0) is 46.1 Å². The molecule has 0 aromatic rings. The lowest BCUT2D eigenvalue weighted by atomic mass is 9.82. The molecule has 0 N–H and O–H groups in total. The van der Waals surface area contributed by atoms with Crippen LogP contribution in [0.4, 0.5) is 0 Å². The van der Waals surface area contributed by atoms with Crippen LogP contribution in [0.1, 0.15) is 52.4 Å². The van der Waals surface area contributed by atoms with Crippen LogP contribution < -0.4 is 0 Å². The molecule has 2 fully saturated rings. The molecule has 2 aliphatic rings. The molecule has 0 amide bonds. The molecule has 2 unspecified atom stereocenters. The number of carbonyl (C=O) groups excluding carboxylic acids is 1. The number of carbonyl (C=O) groups is 1. The second-order valence-corrected chi connectivity index (χ2v) is 5.98. The largest absolute Gasteiger partial charge is 0.377 e. The lowest BCUT2D eigenvalue weighted by Crippen LogP contribution is -2.42. The summed E-state index contributed by atoms with van der Waals surface area (Å²) in [6.07, 6.45) is 7.04. The molecule has 0 radical (unpaired) electrons. The van der Waals surface area contributed by atoms with E-state index in [4.69, 9.17) is 4.74 Å². The molecule has 18 heavy (non-hydrogen) atoms. The van der Waals surface area contributed by atoms with Gasteiger partial charge in [-0.25, -0.2) is 0 Å². The maximum atomic E-state index is 12.1. The van der Waals surface area contributed by atoms with Crippen molar-refractivity contribution in [1.29, 1.82) is 0 Å². The summed E-state index contributed by atoms with van der Waals surface area (Å²) in [6.45, 7) is 7.09. The highest BCUT2D eigenvalue weighted by molar-refractivity contribution is 5.82. The van der Waals surface area contributed by atoms with Crippen LogP contribution in [0.2, 0.25) is 0 Å². The molecule has 1 heterocycles. The fraction of sp³-hybridized carbons (Fsp3) is 0.933. The minimum Gasteiger partial charge on any atom is -0.377 e. The first-order valence-electron chi connectivity index (χ1n) is 7.57. The standard InChI is InChI=1S/C15H27NO2/c1-12(2)18-11-10-16-9-5-7-14(16)13-6-3-4-8-15(13)17/h12-14H,3-11H2,1-2H3. The van der Waals surface area contributed by atoms with Crippen LogP contribution >= 0.6 is 0 Å². The maximum Gasteiger partial charge on any atom is 0.137 e. The molecule has 1 saturated heterocycles. The fourth-order valence-corrected chi connectivity index (χ4v) is 3.41. The number of hydrogen-bond acceptors (Lipinski definition) is 3. The second-order valence-electron chi connectivity index (χ2n) is 5.98. The first-order valence-corrected chi connectivity index (χ1v) is 7.57. The average Bonchev–Trinajstić information content (AvgIpc) is 2.77. The van der Waals surface area contributed by atoms with E-state index in [0.717, 1.165) is 39.0 Å².